The molecule has 7 nitrogen and oxygen atoms in total. The molecule has 7 heteroatoms. The number of nitrogens with zero attached hydrogens (tertiary/aromatic N) is 2. The van der Waals surface area contributed by atoms with E-state index in [0.29, 0.717) is 25.8 Å². The number of aromatic nitrogens is 2. The first-order valence-electron chi connectivity index (χ1n) is 8.58. The number of methoxy groups -OCH3 is 1. The van der Waals surface area contributed by atoms with Gasteiger partial charge in [0.2, 0.25) is 0 Å². The van der Waals surface area contributed by atoms with E-state index in [1.165, 1.54) is 7.11 Å². The molecule has 0 aromatic carbocycles. The average molecular weight is 350 g/mol. The van der Waals surface area contributed by atoms with Crippen molar-refractivity contribution in [3.8, 4) is 0 Å². The summed E-state index contributed by atoms with van der Waals surface area (Å²) in [5.74, 6) is -1.01. The summed E-state index contributed by atoms with van der Waals surface area (Å²) in [6, 6.07) is 0. The maximum absolute atomic E-state index is 12.3. The van der Waals surface area contributed by atoms with Crippen LogP contribution >= 0.6 is 0 Å². The molecule has 0 aliphatic heterocycles. The molecule has 25 heavy (non-hydrogen) atoms. The van der Waals surface area contributed by atoms with Crippen molar-refractivity contribution in [3.63, 3.8) is 0 Å². The van der Waals surface area contributed by atoms with Gasteiger partial charge in [0.25, 0.3) is 0 Å². The van der Waals surface area contributed by atoms with E-state index in [4.69, 9.17) is 9.47 Å². The van der Waals surface area contributed by atoms with Crippen molar-refractivity contribution in [2.75, 3.05) is 13.7 Å². The maximum atomic E-state index is 12.3. The van der Waals surface area contributed by atoms with Gasteiger partial charge in [-0.1, -0.05) is 0 Å². The first-order chi connectivity index (χ1) is 11.8. The van der Waals surface area contributed by atoms with E-state index < -0.39 is 11.4 Å². The second-order valence-electron chi connectivity index (χ2n) is 7.06. The molecule has 1 unspecified atom stereocenters. The van der Waals surface area contributed by atoms with Crippen molar-refractivity contribution in [2.45, 2.75) is 53.0 Å². The number of Topliss-reactive ketones (excluding diaryl/α,β-unsaturated/α-hetero) is 1. The van der Waals surface area contributed by atoms with Crippen LogP contribution in [0.15, 0.2) is 6.20 Å². The smallest absolute Gasteiger partial charge is 0.313 e. The summed E-state index contributed by atoms with van der Waals surface area (Å²) in [7, 11) is 1.37. The van der Waals surface area contributed by atoms with Crippen LogP contribution in [-0.4, -0.2) is 41.2 Å². The van der Waals surface area contributed by atoms with E-state index in [1.54, 1.807) is 11.6 Å². The van der Waals surface area contributed by atoms with E-state index in [9.17, 15) is 14.4 Å². The van der Waals surface area contributed by atoms with Crippen LogP contribution < -0.4 is 0 Å². The lowest BCUT2D eigenvalue weighted by Gasteiger charge is -2.21. The first-order valence-corrected chi connectivity index (χ1v) is 8.58. The van der Waals surface area contributed by atoms with Crippen LogP contribution in [0.25, 0.3) is 0 Å². The van der Waals surface area contributed by atoms with Crippen molar-refractivity contribution in [1.82, 2.24) is 9.78 Å². The van der Waals surface area contributed by atoms with Gasteiger partial charge in [0, 0.05) is 12.1 Å². The molecule has 1 aliphatic rings. The lowest BCUT2D eigenvalue weighted by molar-refractivity contribution is -0.151. The third-order valence-electron chi connectivity index (χ3n) is 4.50. The molecular formula is C18H26N2O5. The zero-order valence-electron chi connectivity index (χ0n) is 15.3. The molecule has 1 atom stereocenters. The molecule has 0 bridgehead atoms. The molecule has 138 valence electrons. The van der Waals surface area contributed by atoms with E-state index in [1.807, 2.05) is 20.0 Å². The molecule has 1 aliphatic carbocycles. The molecule has 0 radical (unpaired) electrons. The Balaban J connectivity index is 2.02. The topological polar surface area (TPSA) is 87.5 Å². The summed E-state index contributed by atoms with van der Waals surface area (Å²) in [4.78, 5) is 35.6. The Bertz CT molecular complexity index is 662. The second-order valence-corrected chi connectivity index (χ2v) is 7.06. The quantitative estimate of drug-likeness (QED) is 0.549. The molecule has 0 N–H and O–H groups in total. The third-order valence-corrected chi connectivity index (χ3v) is 4.50. The number of esters is 2. The van der Waals surface area contributed by atoms with Crippen LogP contribution in [0.1, 0.15) is 44.9 Å². The molecule has 1 aromatic heterocycles. The Hall–Kier alpha value is -2.18. The van der Waals surface area contributed by atoms with E-state index in [0.717, 1.165) is 11.3 Å². The van der Waals surface area contributed by atoms with Crippen LogP contribution in [0.5, 0.6) is 0 Å². The van der Waals surface area contributed by atoms with Crippen molar-refractivity contribution < 1.29 is 23.9 Å². The summed E-state index contributed by atoms with van der Waals surface area (Å²) >= 11 is 0. The number of fused-ring (bicyclic) bond motifs is 1. The number of hydrogen-bond donors (Lipinski definition) is 0. The Morgan fingerprint density at radius 1 is 1.36 bits per heavy atom. The Kier molecular flexibility index (Phi) is 5.98. The zero-order chi connectivity index (χ0) is 18.6. The van der Waals surface area contributed by atoms with Gasteiger partial charge in [0.15, 0.2) is 0 Å². The average Bonchev–Trinajstić information content (AvgIpc) is 2.94. The highest BCUT2D eigenvalue weighted by molar-refractivity contribution is 5.97. The molecule has 0 fully saturated rings. The SMILES string of the molecule is CCOC(=O)CC(=O)C1CCc2nn(CC(C)(C)C(=O)OC)cc2C1. The number of carbonyl (C=O) groups excluding carboxylic acids is 3. The van der Waals surface area contributed by atoms with Gasteiger partial charge in [-0.05, 0) is 45.6 Å². The van der Waals surface area contributed by atoms with Gasteiger partial charge in [-0.2, -0.15) is 5.10 Å². The van der Waals surface area contributed by atoms with Gasteiger partial charge in [0.05, 0.1) is 31.4 Å². The standard InChI is InChI=1S/C18H26N2O5/c1-5-25-16(22)9-15(21)12-6-7-14-13(8-12)10-20(19-14)11-18(2,3)17(23)24-4/h10,12H,5-9,11H2,1-4H3. The summed E-state index contributed by atoms with van der Waals surface area (Å²) in [5.41, 5.74) is 1.29. The Morgan fingerprint density at radius 2 is 2.08 bits per heavy atom. The monoisotopic (exact) mass is 350 g/mol. The largest absolute Gasteiger partial charge is 0.469 e. The van der Waals surface area contributed by atoms with Crippen LogP contribution in [0, 0.1) is 11.3 Å². The second kappa shape index (κ2) is 7.80. The predicted molar refractivity (Wildman–Crippen MR) is 89.8 cm³/mol. The lowest BCUT2D eigenvalue weighted by atomic mass is 9.84. The van der Waals surface area contributed by atoms with Crippen molar-refractivity contribution in [3.05, 3.63) is 17.5 Å². The van der Waals surface area contributed by atoms with Crippen molar-refractivity contribution in [2.24, 2.45) is 11.3 Å². The minimum Gasteiger partial charge on any atom is -0.469 e. The maximum Gasteiger partial charge on any atom is 0.313 e. The molecule has 0 saturated carbocycles. The first kappa shape index (κ1) is 19.1. The highest BCUT2D eigenvalue weighted by Crippen LogP contribution is 2.28. The zero-order valence-corrected chi connectivity index (χ0v) is 15.3. The molecule has 1 aromatic rings. The fraction of sp³-hybridized carbons (Fsp3) is 0.667. The summed E-state index contributed by atoms with van der Waals surface area (Å²) in [6.07, 6.45) is 3.68. The number of hydrogen-bond acceptors (Lipinski definition) is 6. The minimum absolute atomic E-state index is 0.0771. The minimum atomic E-state index is -0.678. The lowest BCUT2D eigenvalue weighted by Crippen LogP contribution is -2.30. The van der Waals surface area contributed by atoms with Gasteiger partial charge in [-0.3, -0.25) is 19.1 Å². The van der Waals surface area contributed by atoms with Crippen LogP contribution in [0.3, 0.4) is 0 Å². The van der Waals surface area contributed by atoms with Crippen LogP contribution in [0.4, 0.5) is 0 Å². The van der Waals surface area contributed by atoms with Gasteiger partial charge in [-0.15, -0.1) is 0 Å². The van der Waals surface area contributed by atoms with E-state index in [2.05, 4.69) is 5.10 Å². The highest BCUT2D eigenvalue weighted by Gasteiger charge is 2.32. The van der Waals surface area contributed by atoms with E-state index in [-0.39, 0.29) is 30.7 Å². The number of rotatable bonds is 7. The van der Waals surface area contributed by atoms with Crippen molar-refractivity contribution >= 4 is 17.7 Å². The molecule has 1 heterocycles. The van der Waals surface area contributed by atoms with E-state index >= 15 is 0 Å². The molecular weight excluding hydrogens is 324 g/mol. The molecule has 0 spiro atoms. The highest BCUT2D eigenvalue weighted by atomic mass is 16.5. The van der Waals surface area contributed by atoms with Crippen LogP contribution in [-0.2, 0) is 43.2 Å². The number of ether oxygens (including phenoxy) is 2. The fourth-order valence-corrected chi connectivity index (χ4v) is 3.16. The molecule has 0 saturated heterocycles. The summed E-state index contributed by atoms with van der Waals surface area (Å²) in [6.45, 7) is 6.04. The van der Waals surface area contributed by atoms with Gasteiger partial charge >= 0.3 is 11.9 Å². The normalized spacial score (nSPS) is 16.9. The number of carbonyl (C=O) groups is 3. The number of ketones is 1. The summed E-state index contributed by atoms with van der Waals surface area (Å²) < 4.78 is 11.4. The third kappa shape index (κ3) is 4.67. The van der Waals surface area contributed by atoms with Gasteiger partial charge in [-0.25, -0.2) is 0 Å². The van der Waals surface area contributed by atoms with Gasteiger partial charge < -0.3 is 9.47 Å². The Morgan fingerprint density at radius 3 is 2.72 bits per heavy atom. The molecule has 0 amide bonds. The molecule has 2 rings (SSSR count). The van der Waals surface area contributed by atoms with Crippen LogP contribution in [0.2, 0.25) is 0 Å². The summed E-state index contributed by atoms with van der Waals surface area (Å²) in [5, 5.41) is 4.54. The van der Waals surface area contributed by atoms with Crippen molar-refractivity contribution in [1.29, 1.82) is 0 Å². The predicted octanol–water partition coefficient (Wildman–Crippen LogP) is 1.71. The fourth-order valence-electron chi connectivity index (χ4n) is 3.16. The number of aryl methyl sites for hydroxylation is 1. The van der Waals surface area contributed by atoms with Gasteiger partial charge in [0.1, 0.15) is 12.2 Å². The Labute approximate surface area is 147 Å².